The van der Waals surface area contributed by atoms with Crippen molar-refractivity contribution in [2.24, 2.45) is 0 Å². The van der Waals surface area contributed by atoms with Crippen LogP contribution in [0.2, 0.25) is 5.02 Å². The molecule has 19 heavy (non-hydrogen) atoms. The van der Waals surface area contributed by atoms with Crippen LogP contribution in [0, 0.1) is 6.92 Å². The smallest absolute Gasteiger partial charge is 0.154 e. The minimum absolute atomic E-state index is 0.497. The summed E-state index contributed by atoms with van der Waals surface area (Å²) in [5.41, 5.74) is 7.46. The summed E-state index contributed by atoms with van der Waals surface area (Å²) >= 11 is 5.98. The Morgan fingerprint density at radius 3 is 2.58 bits per heavy atom. The fourth-order valence-corrected chi connectivity index (χ4v) is 1.82. The highest BCUT2D eigenvalue weighted by Crippen LogP contribution is 2.35. The summed E-state index contributed by atoms with van der Waals surface area (Å²) in [4.78, 5) is 0. The average Bonchev–Trinajstić information content (AvgIpc) is 2.39. The monoisotopic (exact) mass is 277 g/mol. The van der Waals surface area contributed by atoms with Gasteiger partial charge in [-0.1, -0.05) is 17.7 Å². The first kappa shape index (κ1) is 13.6. The SMILES string of the molecule is CCOc1cccc(Oc2ccc(Cl)c(C)c2)c1N. The molecule has 4 heteroatoms. The normalized spacial score (nSPS) is 10.3. The van der Waals surface area contributed by atoms with Crippen molar-refractivity contribution in [3.05, 3.63) is 47.0 Å². The zero-order valence-electron chi connectivity index (χ0n) is 10.9. The fraction of sp³-hybridized carbons (Fsp3) is 0.200. The Balaban J connectivity index is 2.27. The van der Waals surface area contributed by atoms with Crippen LogP contribution in [0.5, 0.6) is 17.2 Å². The summed E-state index contributed by atoms with van der Waals surface area (Å²) in [5, 5.41) is 0.711. The van der Waals surface area contributed by atoms with Crippen molar-refractivity contribution < 1.29 is 9.47 Å². The third-order valence-corrected chi connectivity index (χ3v) is 3.11. The second-order valence-electron chi connectivity index (χ2n) is 4.11. The molecule has 0 fully saturated rings. The van der Waals surface area contributed by atoms with Gasteiger partial charge >= 0.3 is 0 Å². The number of hydrogen-bond acceptors (Lipinski definition) is 3. The molecule has 0 saturated heterocycles. The van der Waals surface area contributed by atoms with Crippen molar-refractivity contribution in [1.82, 2.24) is 0 Å². The predicted octanol–water partition coefficient (Wildman–Crippen LogP) is 4.42. The van der Waals surface area contributed by atoms with Gasteiger partial charge in [0.05, 0.1) is 6.61 Å². The Morgan fingerprint density at radius 2 is 1.89 bits per heavy atom. The van der Waals surface area contributed by atoms with Gasteiger partial charge in [-0.25, -0.2) is 0 Å². The summed E-state index contributed by atoms with van der Waals surface area (Å²) in [5.74, 6) is 1.90. The first-order chi connectivity index (χ1) is 9.11. The molecule has 0 aliphatic heterocycles. The minimum atomic E-state index is 0.497. The molecule has 0 aliphatic carbocycles. The van der Waals surface area contributed by atoms with Gasteiger partial charge in [0.1, 0.15) is 17.2 Å². The van der Waals surface area contributed by atoms with Crippen LogP contribution in [0.4, 0.5) is 5.69 Å². The maximum atomic E-state index is 6.01. The van der Waals surface area contributed by atoms with E-state index in [1.807, 2.05) is 44.2 Å². The summed E-state index contributed by atoms with van der Waals surface area (Å²) in [6, 6.07) is 11.0. The molecule has 2 N–H and O–H groups in total. The van der Waals surface area contributed by atoms with Gasteiger partial charge in [0.2, 0.25) is 0 Å². The number of para-hydroxylation sites is 1. The molecule has 0 heterocycles. The molecule has 0 spiro atoms. The number of anilines is 1. The molecule has 0 aliphatic rings. The molecule has 0 saturated carbocycles. The van der Waals surface area contributed by atoms with E-state index in [2.05, 4.69) is 0 Å². The Kier molecular flexibility index (Phi) is 4.17. The Morgan fingerprint density at radius 1 is 1.16 bits per heavy atom. The lowest BCUT2D eigenvalue weighted by atomic mass is 10.2. The van der Waals surface area contributed by atoms with Crippen LogP contribution in [0.15, 0.2) is 36.4 Å². The van der Waals surface area contributed by atoms with E-state index in [0.717, 1.165) is 5.56 Å². The zero-order valence-corrected chi connectivity index (χ0v) is 11.7. The van der Waals surface area contributed by atoms with E-state index in [1.54, 1.807) is 6.07 Å². The third-order valence-electron chi connectivity index (χ3n) is 2.68. The highest BCUT2D eigenvalue weighted by molar-refractivity contribution is 6.31. The van der Waals surface area contributed by atoms with Crippen LogP contribution in [-0.2, 0) is 0 Å². The molecular weight excluding hydrogens is 262 g/mol. The molecule has 0 unspecified atom stereocenters. The van der Waals surface area contributed by atoms with Gasteiger partial charge in [0.15, 0.2) is 5.75 Å². The van der Waals surface area contributed by atoms with Crippen molar-refractivity contribution in [2.75, 3.05) is 12.3 Å². The summed E-state index contributed by atoms with van der Waals surface area (Å²) in [6.07, 6.45) is 0. The highest BCUT2D eigenvalue weighted by atomic mass is 35.5. The summed E-state index contributed by atoms with van der Waals surface area (Å²) in [6.45, 7) is 4.40. The van der Waals surface area contributed by atoms with Crippen molar-refractivity contribution in [3.63, 3.8) is 0 Å². The molecular formula is C15H16ClNO2. The number of benzene rings is 2. The number of rotatable bonds is 4. The molecule has 3 nitrogen and oxygen atoms in total. The van der Waals surface area contributed by atoms with Crippen LogP contribution in [0.3, 0.4) is 0 Å². The molecule has 0 radical (unpaired) electrons. The zero-order chi connectivity index (χ0) is 13.8. The molecule has 0 amide bonds. The van der Waals surface area contributed by atoms with Crippen LogP contribution < -0.4 is 15.2 Å². The topological polar surface area (TPSA) is 44.5 Å². The minimum Gasteiger partial charge on any atom is -0.492 e. The highest BCUT2D eigenvalue weighted by Gasteiger charge is 2.08. The first-order valence-corrected chi connectivity index (χ1v) is 6.45. The summed E-state index contributed by atoms with van der Waals surface area (Å²) in [7, 11) is 0. The number of ether oxygens (including phenoxy) is 2. The predicted molar refractivity (Wildman–Crippen MR) is 78.3 cm³/mol. The van der Waals surface area contributed by atoms with Crippen molar-refractivity contribution in [2.45, 2.75) is 13.8 Å². The molecule has 0 bridgehead atoms. The lowest BCUT2D eigenvalue weighted by molar-refractivity contribution is 0.340. The van der Waals surface area contributed by atoms with Crippen molar-refractivity contribution in [1.29, 1.82) is 0 Å². The van der Waals surface area contributed by atoms with Gasteiger partial charge in [-0.2, -0.15) is 0 Å². The van der Waals surface area contributed by atoms with Crippen LogP contribution in [-0.4, -0.2) is 6.61 Å². The van der Waals surface area contributed by atoms with E-state index >= 15 is 0 Å². The number of nitrogen functional groups attached to an aromatic ring is 1. The van der Waals surface area contributed by atoms with E-state index < -0.39 is 0 Å². The van der Waals surface area contributed by atoms with E-state index in [4.69, 9.17) is 26.8 Å². The van der Waals surface area contributed by atoms with Gasteiger partial charge in [-0.15, -0.1) is 0 Å². The van der Waals surface area contributed by atoms with Gasteiger partial charge < -0.3 is 15.2 Å². The van der Waals surface area contributed by atoms with Gasteiger partial charge in [-0.05, 0) is 49.7 Å². The van der Waals surface area contributed by atoms with Crippen LogP contribution >= 0.6 is 11.6 Å². The second-order valence-corrected chi connectivity index (χ2v) is 4.52. The van der Waals surface area contributed by atoms with E-state index in [-0.39, 0.29) is 0 Å². The maximum absolute atomic E-state index is 6.01. The lowest BCUT2D eigenvalue weighted by Crippen LogP contribution is -1.99. The number of halogens is 1. The molecule has 0 aromatic heterocycles. The lowest BCUT2D eigenvalue weighted by Gasteiger charge is -2.12. The standard InChI is InChI=1S/C15H16ClNO2/c1-3-18-13-5-4-6-14(15(13)17)19-11-7-8-12(16)10(2)9-11/h4-9H,3,17H2,1-2H3. The van der Waals surface area contributed by atoms with Crippen molar-refractivity contribution in [3.8, 4) is 17.2 Å². The second kappa shape index (κ2) is 5.85. The van der Waals surface area contributed by atoms with Crippen LogP contribution in [0.1, 0.15) is 12.5 Å². The maximum Gasteiger partial charge on any atom is 0.154 e. The number of hydrogen-bond donors (Lipinski definition) is 1. The van der Waals surface area contributed by atoms with Gasteiger partial charge in [0.25, 0.3) is 0 Å². The van der Waals surface area contributed by atoms with Crippen molar-refractivity contribution >= 4 is 17.3 Å². The van der Waals surface area contributed by atoms with E-state index in [0.29, 0.717) is 34.6 Å². The Bertz CT molecular complexity index is 584. The third kappa shape index (κ3) is 3.12. The Labute approximate surface area is 117 Å². The molecule has 100 valence electrons. The van der Waals surface area contributed by atoms with E-state index in [9.17, 15) is 0 Å². The first-order valence-electron chi connectivity index (χ1n) is 6.07. The molecule has 2 aromatic rings. The van der Waals surface area contributed by atoms with Gasteiger partial charge in [0, 0.05) is 5.02 Å². The summed E-state index contributed by atoms with van der Waals surface area (Å²) < 4.78 is 11.2. The number of aryl methyl sites for hydroxylation is 1. The average molecular weight is 278 g/mol. The van der Waals surface area contributed by atoms with Gasteiger partial charge in [-0.3, -0.25) is 0 Å². The molecule has 0 atom stereocenters. The molecule has 2 rings (SSSR count). The van der Waals surface area contributed by atoms with Crippen LogP contribution in [0.25, 0.3) is 0 Å². The molecule has 2 aromatic carbocycles. The quantitative estimate of drug-likeness (QED) is 0.841. The largest absolute Gasteiger partial charge is 0.492 e. The Hall–Kier alpha value is -1.87. The fourth-order valence-electron chi connectivity index (χ4n) is 1.70. The van der Waals surface area contributed by atoms with E-state index in [1.165, 1.54) is 0 Å². The number of nitrogens with two attached hydrogens (primary N) is 1.